The van der Waals surface area contributed by atoms with Gasteiger partial charge in [-0.25, -0.2) is 9.97 Å². The van der Waals surface area contributed by atoms with Crippen molar-refractivity contribution in [2.24, 2.45) is 0 Å². The van der Waals surface area contributed by atoms with Gasteiger partial charge in [0.15, 0.2) is 0 Å². The molecule has 0 bridgehead atoms. The maximum Gasteiger partial charge on any atom is 0.135 e. The van der Waals surface area contributed by atoms with Gasteiger partial charge < -0.3 is 10.6 Å². The van der Waals surface area contributed by atoms with Crippen LogP contribution in [-0.4, -0.2) is 17.0 Å². The minimum atomic E-state index is 0.310. The van der Waals surface area contributed by atoms with E-state index >= 15 is 0 Å². The first kappa shape index (κ1) is 15.8. The number of nitrogens with one attached hydrogen (secondary N) is 2. The van der Waals surface area contributed by atoms with E-state index < -0.39 is 0 Å². The van der Waals surface area contributed by atoms with Gasteiger partial charge in [0.1, 0.15) is 17.5 Å². The normalized spacial score (nSPS) is 11.0. The first-order chi connectivity index (χ1) is 9.92. The van der Waals surface area contributed by atoms with Crippen LogP contribution in [0.25, 0.3) is 0 Å². The first-order valence-electron chi connectivity index (χ1n) is 7.28. The van der Waals surface area contributed by atoms with Gasteiger partial charge in [-0.15, -0.1) is 11.3 Å². The fourth-order valence-electron chi connectivity index (χ4n) is 2.12. The molecule has 5 heteroatoms. The highest BCUT2D eigenvalue weighted by atomic mass is 32.1. The van der Waals surface area contributed by atoms with E-state index in [2.05, 4.69) is 54.4 Å². The molecule has 0 atom stereocenters. The molecule has 0 aromatic carbocycles. The molecule has 0 aliphatic carbocycles. The van der Waals surface area contributed by atoms with Crippen molar-refractivity contribution in [2.45, 2.75) is 47.1 Å². The second kappa shape index (κ2) is 6.43. The summed E-state index contributed by atoms with van der Waals surface area (Å²) in [6, 6.07) is 2.24. The number of thiophene rings is 1. The molecule has 2 aromatic rings. The molecule has 0 saturated heterocycles. The van der Waals surface area contributed by atoms with Crippen LogP contribution in [0.2, 0.25) is 0 Å². The minimum absolute atomic E-state index is 0.310. The molecule has 0 aliphatic heterocycles. The average molecular weight is 304 g/mol. The second-order valence-electron chi connectivity index (χ2n) is 5.61. The van der Waals surface area contributed by atoms with Crippen LogP contribution >= 0.6 is 11.3 Å². The largest absolute Gasteiger partial charge is 0.373 e. The fourth-order valence-corrected chi connectivity index (χ4v) is 3.11. The predicted octanol–water partition coefficient (Wildman–Crippen LogP) is 4.24. The molecular formula is C16H24N4S. The van der Waals surface area contributed by atoms with Crippen molar-refractivity contribution < 1.29 is 0 Å². The highest BCUT2D eigenvalue weighted by molar-refractivity contribution is 7.12. The number of aryl methyl sites for hydroxylation is 2. The molecule has 114 valence electrons. The topological polar surface area (TPSA) is 49.8 Å². The number of nitrogens with zero attached hydrogens (tertiary/aromatic N) is 2. The van der Waals surface area contributed by atoms with Gasteiger partial charge >= 0.3 is 0 Å². The molecule has 0 amide bonds. The molecule has 2 rings (SSSR count). The van der Waals surface area contributed by atoms with E-state index in [0.29, 0.717) is 5.92 Å². The van der Waals surface area contributed by atoms with E-state index in [1.807, 2.05) is 25.3 Å². The van der Waals surface area contributed by atoms with Gasteiger partial charge in [0.05, 0.1) is 6.54 Å². The summed E-state index contributed by atoms with van der Waals surface area (Å²) in [7, 11) is 1.90. The van der Waals surface area contributed by atoms with Crippen molar-refractivity contribution in [3.05, 3.63) is 32.8 Å². The van der Waals surface area contributed by atoms with Crippen molar-refractivity contribution in [1.29, 1.82) is 0 Å². The van der Waals surface area contributed by atoms with Crippen molar-refractivity contribution in [3.63, 3.8) is 0 Å². The van der Waals surface area contributed by atoms with Crippen LogP contribution < -0.4 is 10.6 Å². The molecule has 0 aliphatic rings. The molecule has 21 heavy (non-hydrogen) atoms. The van der Waals surface area contributed by atoms with E-state index in [0.717, 1.165) is 29.6 Å². The van der Waals surface area contributed by atoms with Crippen molar-refractivity contribution in [1.82, 2.24) is 9.97 Å². The maximum atomic E-state index is 4.67. The first-order valence-corrected chi connectivity index (χ1v) is 8.10. The maximum absolute atomic E-state index is 4.67. The van der Waals surface area contributed by atoms with Crippen LogP contribution in [0, 0.1) is 20.8 Å². The Morgan fingerprint density at radius 3 is 2.33 bits per heavy atom. The highest BCUT2D eigenvalue weighted by Crippen LogP contribution is 2.25. The Bertz CT molecular complexity index is 612. The van der Waals surface area contributed by atoms with Crippen molar-refractivity contribution >= 4 is 23.0 Å². The minimum Gasteiger partial charge on any atom is -0.373 e. The van der Waals surface area contributed by atoms with E-state index in [4.69, 9.17) is 0 Å². The lowest BCUT2D eigenvalue weighted by Crippen LogP contribution is -2.10. The summed E-state index contributed by atoms with van der Waals surface area (Å²) in [6.07, 6.45) is 0. The summed E-state index contributed by atoms with van der Waals surface area (Å²) in [5, 5.41) is 6.61. The summed E-state index contributed by atoms with van der Waals surface area (Å²) in [5.41, 5.74) is 2.42. The monoisotopic (exact) mass is 304 g/mol. The summed E-state index contributed by atoms with van der Waals surface area (Å²) >= 11 is 1.84. The molecule has 0 unspecified atom stereocenters. The van der Waals surface area contributed by atoms with Crippen LogP contribution in [-0.2, 0) is 6.54 Å². The molecule has 4 nitrogen and oxygen atoms in total. The number of rotatable bonds is 5. The number of aromatic nitrogens is 2. The van der Waals surface area contributed by atoms with Gasteiger partial charge in [-0.05, 0) is 32.4 Å². The summed E-state index contributed by atoms with van der Waals surface area (Å²) in [4.78, 5) is 11.9. The molecule has 2 N–H and O–H groups in total. The molecular weight excluding hydrogens is 280 g/mol. The Morgan fingerprint density at radius 1 is 1.14 bits per heavy atom. The number of anilines is 2. The third-order valence-electron chi connectivity index (χ3n) is 3.56. The zero-order chi connectivity index (χ0) is 15.6. The van der Waals surface area contributed by atoms with E-state index in [1.54, 1.807) is 0 Å². The van der Waals surface area contributed by atoms with Gasteiger partial charge in [0, 0.05) is 28.3 Å². The lowest BCUT2D eigenvalue weighted by atomic mass is 10.2. The standard InChI is InChI=1S/C16H24N4S/c1-9(2)14-19-15(17-6)11(4)16(20-14)18-8-13-7-10(3)12(5)21-13/h7,9H,8H2,1-6H3,(H2,17,18,19,20). The van der Waals surface area contributed by atoms with Crippen LogP contribution in [0.5, 0.6) is 0 Å². The quantitative estimate of drug-likeness (QED) is 0.867. The van der Waals surface area contributed by atoms with Crippen LogP contribution in [0.3, 0.4) is 0 Å². The molecule has 0 radical (unpaired) electrons. The Labute approximate surface area is 131 Å². The van der Waals surface area contributed by atoms with Crippen LogP contribution in [0.4, 0.5) is 11.6 Å². The van der Waals surface area contributed by atoms with Gasteiger partial charge in [0.2, 0.25) is 0 Å². The Kier molecular flexibility index (Phi) is 4.83. The smallest absolute Gasteiger partial charge is 0.135 e. The van der Waals surface area contributed by atoms with Gasteiger partial charge in [-0.3, -0.25) is 0 Å². The SMILES string of the molecule is CNc1nc(C(C)C)nc(NCc2cc(C)c(C)s2)c1C. The van der Waals surface area contributed by atoms with Crippen molar-refractivity contribution in [3.8, 4) is 0 Å². The van der Waals surface area contributed by atoms with E-state index in [1.165, 1.54) is 15.3 Å². The number of hydrogen-bond acceptors (Lipinski definition) is 5. The lowest BCUT2D eigenvalue weighted by molar-refractivity contribution is 0.773. The molecule has 2 aromatic heterocycles. The fraction of sp³-hybridized carbons (Fsp3) is 0.500. The third-order valence-corrected chi connectivity index (χ3v) is 4.72. The lowest BCUT2D eigenvalue weighted by Gasteiger charge is -2.14. The van der Waals surface area contributed by atoms with Gasteiger partial charge in [0.25, 0.3) is 0 Å². The Balaban J connectivity index is 2.24. The molecule has 0 fully saturated rings. The summed E-state index contributed by atoms with van der Waals surface area (Å²) in [5.74, 6) is 2.99. The molecule has 0 spiro atoms. The van der Waals surface area contributed by atoms with Gasteiger partial charge in [-0.1, -0.05) is 13.8 Å². The molecule has 2 heterocycles. The molecule has 0 saturated carbocycles. The third kappa shape index (κ3) is 3.53. The Hall–Kier alpha value is -1.62. The summed E-state index contributed by atoms with van der Waals surface area (Å²) < 4.78 is 0. The van der Waals surface area contributed by atoms with Gasteiger partial charge in [-0.2, -0.15) is 0 Å². The average Bonchev–Trinajstić information content (AvgIpc) is 2.76. The van der Waals surface area contributed by atoms with E-state index in [-0.39, 0.29) is 0 Å². The van der Waals surface area contributed by atoms with Crippen molar-refractivity contribution in [2.75, 3.05) is 17.7 Å². The zero-order valence-corrected chi connectivity index (χ0v) is 14.5. The van der Waals surface area contributed by atoms with E-state index in [9.17, 15) is 0 Å². The highest BCUT2D eigenvalue weighted by Gasteiger charge is 2.12. The number of hydrogen-bond donors (Lipinski definition) is 2. The summed E-state index contributed by atoms with van der Waals surface area (Å²) in [6.45, 7) is 11.4. The van der Waals surface area contributed by atoms with Crippen LogP contribution in [0.15, 0.2) is 6.07 Å². The zero-order valence-electron chi connectivity index (χ0n) is 13.7. The Morgan fingerprint density at radius 2 is 1.81 bits per heavy atom. The predicted molar refractivity (Wildman–Crippen MR) is 91.5 cm³/mol. The second-order valence-corrected chi connectivity index (χ2v) is 6.96. The van der Waals surface area contributed by atoms with Crippen LogP contribution in [0.1, 0.15) is 46.5 Å².